The number of hydrogen-bond acceptors (Lipinski definition) is 2. The highest BCUT2D eigenvalue weighted by atomic mass is 28.4. The van der Waals surface area contributed by atoms with Crippen LogP contribution in [-0.4, -0.2) is 26.1 Å². The highest BCUT2D eigenvalue weighted by molar-refractivity contribution is 6.74. The Morgan fingerprint density at radius 1 is 1.21 bits per heavy atom. The van der Waals surface area contributed by atoms with E-state index < -0.39 is 8.32 Å². The molecule has 19 heavy (non-hydrogen) atoms. The lowest BCUT2D eigenvalue weighted by Crippen LogP contribution is -2.42. The zero-order valence-electron chi connectivity index (χ0n) is 14.2. The molecular weight excluding hydrogens is 252 g/mol. The minimum absolute atomic E-state index is 0.242. The first kappa shape index (κ1) is 18.9. The molecule has 0 aliphatic rings. The SMILES string of the molecule is C=C(CC(O)C(C)C)C(C)CO[Si](C)(C)C(C)(C)C. The molecule has 114 valence electrons. The van der Waals surface area contributed by atoms with Gasteiger partial charge in [-0.3, -0.25) is 0 Å². The molecule has 3 heteroatoms. The fourth-order valence-electron chi connectivity index (χ4n) is 1.37. The van der Waals surface area contributed by atoms with Gasteiger partial charge in [-0.2, -0.15) is 0 Å². The molecule has 0 bridgehead atoms. The van der Waals surface area contributed by atoms with Crippen molar-refractivity contribution in [1.29, 1.82) is 0 Å². The van der Waals surface area contributed by atoms with Crippen molar-refractivity contribution in [3.63, 3.8) is 0 Å². The average molecular weight is 287 g/mol. The van der Waals surface area contributed by atoms with Crippen LogP contribution in [0, 0.1) is 11.8 Å². The Morgan fingerprint density at radius 3 is 2.05 bits per heavy atom. The number of aliphatic hydroxyl groups is 1. The van der Waals surface area contributed by atoms with E-state index in [-0.39, 0.29) is 17.1 Å². The zero-order chi connectivity index (χ0) is 15.4. The molecule has 0 aromatic heterocycles. The molecule has 2 unspecified atom stereocenters. The first-order chi connectivity index (χ1) is 8.38. The van der Waals surface area contributed by atoms with E-state index in [1.54, 1.807) is 0 Å². The van der Waals surface area contributed by atoms with Crippen molar-refractivity contribution in [3.8, 4) is 0 Å². The van der Waals surface area contributed by atoms with Gasteiger partial charge in [0.05, 0.1) is 6.10 Å². The Morgan fingerprint density at radius 2 is 1.68 bits per heavy atom. The molecule has 0 fully saturated rings. The molecule has 0 aliphatic carbocycles. The predicted octanol–water partition coefficient (Wildman–Crippen LogP) is 4.61. The Hall–Kier alpha value is -0.123. The Labute approximate surface area is 121 Å². The van der Waals surface area contributed by atoms with Crippen LogP contribution in [-0.2, 0) is 4.43 Å². The molecule has 0 aromatic carbocycles. The molecule has 0 radical (unpaired) electrons. The van der Waals surface area contributed by atoms with Crippen LogP contribution in [0.25, 0.3) is 0 Å². The van der Waals surface area contributed by atoms with E-state index in [9.17, 15) is 5.11 Å². The molecule has 0 saturated carbocycles. The molecule has 0 rings (SSSR count). The third-order valence-electron chi connectivity index (χ3n) is 4.44. The summed E-state index contributed by atoms with van der Waals surface area (Å²) >= 11 is 0. The Kier molecular flexibility index (Phi) is 7.00. The maximum absolute atomic E-state index is 9.91. The van der Waals surface area contributed by atoms with E-state index in [0.717, 1.165) is 12.2 Å². The molecule has 0 aromatic rings. The molecule has 1 N–H and O–H groups in total. The molecule has 0 spiro atoms. The Bertz CT molecular complexity index is 290. The van der Waals surface area contributed by atoms with E-state index in [0.29, 0.717) is 12.3 Å². The lowest BCUT2D eigenvalue weighted by atomic mass is 9.93. The maximum Gasteiger partial charge on any atom is 0.192 e. The summed E-state index contributed by atoms with van der Waals surface area (Å²) in [5.74, 6) is 0.591. The second-order valence-electron chi connectivity index (χ2n) is 7.65. The molecule has 0 heterocycles. The van der Waals surface area contributed by atoms with Gasteiger partial charge in [0.1, 0.15) is 0 Å². The lowest BCUT2D eigenvalue weighted by molar-refractivity contribution is 0.121. The van der Waals surface area contributed by atoms with Gasteiger partial charge in [0, 0.05) is 6.61 Å². The first-order valence-electron chi connectivity index (χ1n) is 7.38. The smallest absolute Gasteiger partial charge is 0.192 e. The molecular formula is C16H34O2Si. The summed E-state index contributed by atoms with van der Waals surface area (Å²) in [4.78, 5) is 0. The summed E-state index contributed by atoms with van der Waals surface area (Å²) in [5, 5.41) is 10.2. The van der Waals surface area contributed by atoms with Crippen LogP contribution in [0.5, 0.6) is 0 Å². The summed E-state index contributed by atoms with van der Waals surface area (Å²) < 4.78 is 6.22. The van der Waals surface area contributed by atoms with Gasteiger partial charge >= 0.3 is 0 Å². The lowest BCUT2D eigenvalue weighted by Gasteiger charge is -2.37. The number of hydrogen-bond donors (Lipinski definition) is 1. The van der Waals surface area contributed by atoms with E-state index in [2.05, 4.69) is 47.4 Å². The third kappa shape index (κ3) is 6.24. The van der Waals surface area contributed by atoms with Crippen molar-refractivity contribution >= 4 is 8.32 Å². The number of aliphatic hydroxyl groups excluding tert-OH is 1. The summed E-state index contributed by atoms with van der Waals surface area (Å²) in [6.07, 6.45) is 0.391. The zero-order valence-corrected chi connectivity index (χ0v) is 15.2. The predicted molar refractivity (Wildman–Crippen MR) is 86.9 cm³/mol. The minimum Gasteiger partial charge on any atom is -0.416 e. The third-order valence-corrected chi connectivity index (χ3v) is 8.94. The maximum atomic E-state index is 9.91. The Balaban J connectivity index is 4.32. The van der Waals surface area contributed by atoms with Crippen molar-refractivity contribution < 1.29 is 9.53 Å². The molecule has 2 atom stereocenters. The van der Waals surface area contributed by atoms with Crippen molar-refractivity contribution in [2.45, 2.75) is 72.2 Å². The van der Waals surface area contributed by atoms with Crippen molar-refractivity contribution in [2.24, 2.45) is 11.8 Å². The quantitative estimate of drug-likeness (QED) is 0.547. The summed E-state index contributed by atoms with van der Waals surface area (Å²) in [7, 11) is -1.68. The van der Waals surface area contributed by atoms with Crippen LogP contribution < -0.4 is 0 Å². The highest BCUT2D eigenvalue weighted by Crippen LogP contribution is 2.37. The van der Waals surface area contributed by atoms with E-state index in [1.165, 1.54) is 0 Å². The van der Waals surface area contributed by atoms with Crippen LogP contribution in [0.3, 0.4) is 0 Å². The normalized spacial score (nSPS) is 16.5. The van der Waals surface area contributed by atoms with Gasteiger partial charge in [0.2, 0.25) is 0 Å². The average Bonchev–Trinajstić information content (AvgIpc) is 2.23. The molecule has 0 amide bonds. The highest BCUT2D eigenvalue weighted by Gasteiger charge is 2.37. The minimum atomic E-state index is -1.68. The van der Waals surface area contributed by atoms with E-state index >= 15 is 0 Å². The summed E-state index contributed by atoms with van der Waals surface area (Å²) in [6, 6.07) is 0. The second kappa shape index (κ2) is 7.05. The number of rotatable bonds is 7. The topological polar surface area (TPSA) is 29.5 Å². The monoisotopic (exact) mass is 286 g/mol. The van der Waals surface area contributed by atoms with Crippen LogP contribution in [0.2, 0.25) is 18.1 Å². The van der Waals surface area contributed by atoms with Crippen molar-refractivity contribution in [1.82, 2.24) is 0 Å². The summed E-state index contributed by atoms with van der Waals surface area (Å²) in [6.45, 7) is 22.3. The van der Waals surface area contributed by atoms with Crippen LogP contribution in [0.4, 0.5) is 0 Å². The van der Waals surface area contributed by atoms with Gasteiger partial charge in [-0.05, 0) is 36.4 Å². The summed E-state index contributed by atoms with van der Waals surface area (Å²) in [5.41, 5.74) is 1.10. The fraction of sp³-hybridized carbons (Fsp3) is 0.875. The van der Waals surface area contributed by atoms with Gasteiger partial charge in [-0.1, -0.05) is 53.7 Å². The molecule has 2 nitrogen and oxygen atoms in total. The van der Waals surface area contributed by atoms with Crippen LogP contribution in [0.15, 0.2) is 12.2 Å². The van der Waals surface area contributed by atoms with Gasteiger partial charge < -0.3 is 9.53 Å². The largest absolute Gasteiger partial charge is 0.416 e. The molecule has 0 aliphatic heterocycles. The van der Waals surface area contributed by atoms with E-state index in [1.807, 2.05) is 13.8 Å². The van der Waals surface area contributed by atoms with Crippen LogP contribution >= 0.6 is 0 Å². The van der Waals surface area contributed by atoms with E-state index in [4.69, 9.17) is 4.43 Å². The second-order valence-corrected chi connectivity index (χ2v) is 12.5. The van der Waals surface area contributed by atoms with Gasteiger partial charge in [-0.25, -0.2) is 0 Å². The van der Waals surface area contributed by atoms with Gasteiger partial charge in [0.25, 0.3) is 0 Å². The van der Waals surface area contributed by atoms with Crippen LogP contribution in [0.1, 0.15) is 48.0 Å². The molecule has 0 saturated heterocycles. The standard InChI is InChI=1S/C16H34O2Si/c1-12(2)15(17)10-13(3)14(4)11-18-19(8,9)16(5,6)7/h12,14-15,17H,3,10-11H2,1-2,4-9H3. The van der Waals surface area contributed by atoms with Gasteiger partial charge in [-0.15, -0.1) is 0 Å². The van der Waals surface area contributed by atoms with Crippen molar-refractivity contribution in [2.75, 3.05) is 6.61 Å². The first-order valence-corrected chi connectivity index (χ1v) is 10.3. The van der Waals surface area contributed by atoms with Crippen molar-refractivity contribution in [3.05, 3.63) is 12.2 Å². The van der Waals surface area contributed by atoms with Gasteiger partial charge in [0.15, 0.2) is 8.32 Å². The fourth-order valence-corrected chi connectivity index (χ4v) is 2.47.